The first-order chi connectivity index (χ1) is 23.4. The Morgan fingerprint density at radius 3 is 2.18 bits per heavy atom. The summed E-state index contributed by atoms with van der Waals surface area (Å²) in [6, 6.07) is 16.4. The van der Waals surface area contributed by atoms with Gasteiger partial charge in [-0.3, -0.25) is 28.9 Å². The molecule has 0 fully saturated rings. The number of imide groups is 1. The summed E-state index contributed by atoms with van der Waals surface area (Å²) >= 11 is 1.24. The van der Waals surface area contributed by atoms with Gasteiger partial charge >= 0.3 is 5.97 Å². The molecule has 0 saturated carbocycles. The molecular formula is C38H48N4O6S. The predicted octanol–water partition coefficient (Wildman–Crippen LogP) is 6.65. The molecule has 0 spiro atoms. The van der Waals surface area contributed by atoms with Gasteiger partial charge in [0.15, 0.2) is 6.10 Å². The van der Waals surface area contributed by atoms with Crippen molar-refractivity contribution in [2.24, 2.45) is 11.8 Å². The molecule has 10 nitrogen and oxygen atoms in total. The average molecular weight is 689 g/mol. The summed E-state index contributed by atoms with van der Waals surface area (Å²) in [6.07, 6.45) is 1.06. The van der Waals surface area contributed by atoms with E-state index in [1.165, 1.54) is 23.2 Å². The van der Waals surface area contributed by atoms with Gasteiger partial charge in [0.25, 0.3) is 17.7 Å². The SMILES string of the molecule is CC[C@H](C)CC(=O)N(CCCN1C(=O)c2ccccc2C1=O)[C@H](C[C@@H](OC(C)=O)c1nc(C(=O)NC[C@@H](C)c2ccccc2)cs1)C(C)C. The second-order valence-corrected chi connectivity index (χ2v) is 14.1. The number of ether oxygens (including phenoxy) is 1. The van der Waals surface area contributed by atoms with E-state index < -0.39 is 12.1 Å². The molecule has 1 N–H and O–H groups in total. The van der Waals surface area contributed by atoms with Gasteiger partial charge in [0, 0.05) is 50.8 Å². The summed E-state index contributed by atoms with van der Waals surface area (Å²) in [5, 5.41) is 5.09. The first-order valence-electron chi connectivity index (χ1n) is 17.1. The highest BCUT2D eigenvalue weighted by molar-refractivity contribution is 7.09. The zero-order valence-corrected chi connectivity index (χ0v) is 30.1. The van der Waals surface area contributed by atoms with Gasteiger partial charge in [-0.05, 0) is 41.9 Å². The molecule has 262 valence electrons. The molecular weight excluding hydrogens is 641 g/mol. The first kappa shape index (κ1) is 37.4. The summed E-state index contributed by atoms with van der Waals surface area (Å²) in [5.41, 5.74) is 2.14. The normalized spacial score (nSPS) is 15.0. The van der Waals surface area contributed by atoms with Crippen LogP contribution < -0.4 is 5.32 Å². The molecule has 4 rings (SSSR count). The van der Waals surface area contributed by atoms with Gasteiger partial charge in [-0.1, -0.05) is 83.5 Å². The van der Waals surface area contributed by atoms with Gasteiger partial charge in [-0.2, -0.15) is 0 Å². The molecule has 0 radical (unpaired) electrons. The summed E-state index contributed by atoms with van der Waals surface area (Å²) in [7, 11) is 0. The Morgan fingerprint density at radius 2 is 1.59 bits per heavy atom. The molecule has 0 saturated heterocycles. The zero-order valence-electron chi connectivity index (χ0n) is 29.3. The van der Waals surface area contributed by atoms with Crippen LogP contribution in [0.25, 0.3) is 0 Å². The van der Waals surface area contributed by atoms with E-state index in [1.807, 2.05) is 69.9 Å². The van der Waals surface area contributed by atoms with Gasteiger partial charge in [0.05, 0.1) is 11.1 Å². The zero-order chi connectivity index (χ0) is 35.7. The standard InChI is InChI=1S/C38H48N4O6S/c1-7-25(4)20-34(44)41(18-13-19-42-37(46)29-16-11-12-17-30(29)38(42)47)32(24(2)3)21-33(48-27(6)43)36-40-31(23-49-36)35(45)39-22-26(5)28-14-9-8-10-15-28/h8-12,14-17,23-26,32-33H,7,13,18-22H2,1-6H3,(H,39,45)/t25-,26+,32+,33+/m0/s1. The number of aromatic nitrogens is 1. The third kappa shape index (κ3) is 9.62. The van der Waals surface area contributed by atoms with E-state index in [0.29, 0.717) is 42.1 Å². The fourth-order valence-electron chi connectivity index (χ4n) is 6.03. The van der Waals surface area contributed by atoms with Crippen molar-refractivity contribution in [2.45, 2.75) is 85.3 Å². The van der Waals surface area contributed by atoms with Crippen LogP contribution in [0, 0.1) is 11.8 Å². The summed E-state index contributed by atoms with van der Waals surface area (Å²) in [4.78, 5) is 72.9. The maximum atomic E-state index is 13.9. The second kappa shape index (κ2) is 17.3. The Hall–Kier alpha value is -4.38. The fourth-order valence-corrected chi connectivity index (χ4v) is 6.87. The predicted molar refractivity (Wildman–Crippen MR) is 189 cm³/mol. The Morgan fingerprint density at radius 1 is 0.959 bits per heavy atom. The van der Waals surface area contributed by atoms with Crippen LogP contribution in [0.15, 0.2) is 60.0 Å². The number of thiazole rings is 1. The molecule has 0 aliphatic carbocycles. The van der Waals surface area contributed by atoms with Gasteiger partial charge < -0.3 is 15.0 Å². The number of carbonyl (C=O) groups excluding carboxylic acids is 5. The van der Waals surface area contributed by atoms with Crippen LogP contribution in [0.5, 0.6) is 0 Å². The third-order valence-electron chi connectivity index (χ3n) is 9.10. The van der Waals surface area contributed by atoms with Crippen LogP contribution in [-0.4, -0.2) is 70.1 Å². The topological polar surface area (TPSA) is 126 Å². The lowest BCUT2D eigenvalue weighted by Gasteiger charge is -2.37. The largest absolute Gasteiger partial charge is 0.455 e. The van der Waals surface area contributed by atoms with Gasteiger partial charge in [0.2, 0.25) is 5.91 Å². The molecule has 49 heavy (non-hydrogen) atoms. The fraction of sp³-hybridized carbons (Fsp3) is 0.474. The number of fused-ring (bicyclic) bond motifs is 1. The molecule has 4 amide bonds. The van der Waals surface area contributed by atoms with Gasteiger partial charge in [-0.15, -0.1) is 11.3 Å². The van der Waals surface area contributed by atoms with Crippen LogP contribution in [0.1, 0.15) is 121 Å². The second-order valence-electron chi connectivity index (χ2n) is 13.2. The highest BCUT2D eigenvalue weighted by Gasteiger charge is 2.36. The van der Waals surface area contributed by atoms with Crippen molar-refractivity contribution < 1.29 is 28.7 Å². The Labute approximate surface area is 293 Å². The quantitative estimate of drug-likeness (QED) is 0.124. The number of hydrogen-bond acceptors (Lipinski definition) is 8. The van der Waals surface area contributed by atoms with Gasteiger partial charge in [0.1, 0.15) is 10.7 Å². The molecule has 0 bridgehead atoms. The van der Waals surface area contributed by atoms with Crippen LogP contribution in [0.3, 0.4) is 0 Å². The molecule has 2 heterocycles. The Kier molecular flexibility index (Phi) is 13.2. The van der Waals surface area contributed by atoms with Crippen LogP contribution >= 0.6 is 11.3 Å². The highest BCUT2D eigenvalue weighted by atomic mass is 32.1. The number of nitrogens with one attached hydrogen (secondary N) is 1. The van der Waals surface area contributed by atoms with E-state index in [9.17, 15) is 24.0 Å². The minimum Gasteiger partial charge on any atom is -0.455 e. The van der Waals surface area contributed by atoms with E-state index in [0.717, 1.165) is 12.0 Å². The third-order valence-corrected chi connectivity index (χ3v) is 10.0. The maximum Gasteiger partial charge on any atom is 0.303 e. The maximum absolute atomic E-state index is 13.9. The number of esters is 1. The van der Waals surface area contributed by atoms with Gasteiger partial charge in [-0.25, -0.2) is 4.98 Å². The number of amides is 4. The minimum atomic E-state index is -0.783. The molecule has 3 aromatic rings. The molecule has 1 aromatic heterocycles. The lowest BCUT2D eigenvalue weighted by atomic mass is 9.94. The molecule has 1 aliphatic rings. The number of carbonyl (C=O) groups is 5. The lowest BCUT2D eigenvalue weighted by Crippen LogP contribution is -2.46. The summed E-state index contributed by atoms with van der Waals surface area (Å²) < 4.78 is 5.79. The molecule has 2 aromatic carbocycles. The average Bonchev–Trinajstić information content (AvgIpc) is 3.67. The van der Waals surface area contributed by atoms with Crippen molar-refractivity contribution in [2.75, 3.05) is 19.6 Å². The van der Waals surface area contributed by atoms with Crippen molar-refractivity contribution in [3.05, 3.63) is 87.4 Å². The van der Waals surface area contributed by atoms with Crippen LogP contribution in [0.4, 0.5) is 0 Å². The van der Waals surface area contributed by atoms with Crippen molar-refractivity contribution in [1.29, 1.82) is 0 Å². The van der Waals surface area contributed by atoms with Crippen molar-refractivity contribution >= 4 is 40.9 Å². The molecule has 11 heteroatoms. The van der Waals surface area contributed by atoms with E-state index in [1.54, 1.807) is 29.6 Å². The number of hydrogen-bond donors (Lipinski definition) is 1. The summed E-state index contributed by atoms with van der Waals surface area (Å²) in [6.45, 7) is 12.4. The van der Waals surface area contributed by atoms with Crippen molar-refractivity contribution in [3.8, 4) is 0 Å². The van der Waals surface area contributed by atoms with E-state index in [4.69, 9.17) is 4.74 Å². The van der Waals surface area contributed by atoms with Crippen molar-refractivity contribution in [1.82, 2.24) is 20.1 Å². The summed E-state index contributed by atoms with van der Waals surface area (Å²) in [5.74, 6) is -1.26. The highest BCUT2D eigenvalue weighted by Crippen LogP contribution is 2.32. The minimum absolute atomic E-state index is 0.0274. The van der Waals surface area contributed by atoms with Crippen LogP contribution in [0.2, 0.25) is 0 Å². The smallest absolute Gasteiger partial charge is 0.303 e. The first-order valence-corrected chi connectivity index (χ1v) is 18.0. The van der Waals surface area contributed by atoms with E-state index in [-0.39, 0.29) is 66.1 Å². The number of nitrogens with zero attached hydrogens (tertiary/aromatic N) is 3. The van der Waals surface area contributed by atoms with Crippen molar-refractivity contribution in [3.63, 3.8) is 0 Å². The number of rotatable bonds is 17. The monoisotopic (exact) mass is 688 g/mol. The van der Waals surface area contributed by atoms with E-state index in [2.05, 4.69) is 10.3 Å². The Bertz CT molecular complexity index is 1590. The molecule has 4 atom stereocenters. The molecule has 0 unspecified atom stereocenters. The van der Waals surface area contributed by atoms with E-state index >= 15 is 0 Å². The number of benzene rings is 2. The van der Waals surface area contributed by atoms with Crippen LogP contribution in [-0.2, 0) is 14.3 Å². The molecule has 1 aliphatic heterocycles. The lowest BCUT2D eigenvalue weighted by molar-refractivity contribution is -0.148. The Balaban J connectivity index is 1.50.